The van der Waals surface area contributed by atoms with Crippen LogP contribution in [0.25, 0.3) is 6.08 Å². The van der Waals surface area contributed by atoms with Crippen molar-refractivity contribution in [3.8, 4) is 0 Å². The largest absolute Gasteiger partial charge is 0.356 e. The van der Waals surface area contributed by atoms with Gasteiger partial charge in [0, 0.05) is 19.6 Å². The number of hydrogen-bond acceptors (Lipinski definition) is 2. The molecule has 0 aliphatic carbocycles. The topological polar surface area (TPSA) is 15.6 Å². The Kier molecular flexibility index (Phi) is 3.40. The van der Waals surface area contributed by atoms with Gasteiger partial charge in [-0.05, 0) is 24.5 Å². The molecule has 0 spiro atoms. The number of aliphatic imine (C=N–C) groups is 1. The SMILES string of the molecule is C=Cc1ccc(CN2CCCN=C2C)cc1. The fourth-order valence-electron chi connectivity index (χ4n) is 1.94. The first-order valence-corrected chi connectivity index (χ1v) is 5.77. The van der Waals surface area contributed by atoms with Crippen molar-refractivity contribution in [3.05, 3.63) is 42.0 Å². The summed E-state index contributed by atoms with van der Waals surface area (Å²) in [5.74, 6) is 1.17. The van der Waals surface area contributed by atoms with Gasteiger partial charge in [0.2, 0.25) is 0 Å². The van der Waals surface area contributed by atoms with E-state index >= 15 is 0 Å². The van der Waals surface area contributed by atoms with Crippen molar-refractivity contribution in [3.63, 3.8) is 0 Å². The van der Waals surface area contributed by atoms with Crippen LogP contribution in [0.4, 0.5) is 0 Å². The molecule has 0 N–H and O–H groups in total. The van der Waals surface area contributed by atoms with Crippen LogP contribution in [0.5, 0.6) is 0 Å². The van der Waals surface area contributed by atoms with Gasteiger partial charge in [-0.2, -0.15) is 0 Å². The maximum absolute atomic E-state index is 4.47. The Hall–Kier alpha value is -1.57. The van der Waals surface area contributed by atoms with E-state index in [-0.39, 0.29) is 0 Å². The van der Waals surface area contributed by atoms with Gasteiger partial charge in [-0.1, -0.05) is 36.9 Å². The highest BCUT2D eigenvalue weighted by molar-refractivity contribution is 5.80. The molecule has 2 rings (SSSR count). The maximum atomic E-state index is 4.47. The summed E-state index contributed by atoms with van der Waals surface area (Å²) in [6.07, 6.45) is 3.04. The third-order valence-electron chi connectivity index (χ3n) is 2.97. The normalized spacial score (nSPS) is 15.8. The molecule has 0 amide bonds. The van der Waals surface area contributed by atoms with Gasteiger partial charge in [-0.15, -0.1) is 0 Å². The molecule has 1 aliphatic heterocycles. The smallest absolute Gasteiger partial charge is 0.0960 e. The molecule has 0 atom stereocenters. The first-order chi connectivity index (χ1) is 7.79. The van der Waals surface area contributed by atoms with E-state index in [1.165, 1.54) is 23.4 Å². The van der Waals surface area contributed by atoms with E-state index in [2.05, 4.69) is 47.7 Å². The van der Waals surface area contributed by atoms with Crippen LogP contribution in [0.3, 0.4) is 0 Å². The third-order valence-corrected chi connectivity index (χ3v) is 2.97. The molecule has 16 heavy (non-hydrogen) atoms. The zero-order chi connectivity index (χ0) is 11.4. The Labute approximate surface area is 97.3 Å². The summed E-state index contributed by atoms with van der Waals surface area (Å²) < 4.78 is 0. The third kappa shape index (κ3) is 2.51. The lowest BCUT2D eigenvalue weighted by Gasteiger charge is -2.27. The summed E-state index contributed by atoms with van der Waals surface area (Å²) in [6.45, 7) is 8.93. The number of nitrogens with zero attached hydrogens (tertiary/aromatic N) is 2. The first kappa shape index (κ1) is 10.9. The molecule has 0 bridgehead atoms. The van der Waals surface area contributed by atoms with Gasteiger partial charge < -0.3 is 4.90 Å². The number of amidine groups is 1. The lowest BCUT2D eigenvalue weighted by Crippen LogP contribution is -2.33. The average molecular weight is 214 g/mol. The minimum atomic E-state index is 0.965. The summed E-state index contributed by atoms with van der Waals surface area (Å²) in [7, 11) is 0. The predicted octanol–water partition coefficient (Wildman–Crippen LogP) is 2.95. The lowest BCUT2D eigenvalue weighted by atomic mass is 10.1. The molecular formula is C14H18N2. The van der Waals surface area contributed by atoms with Crippen molar-refractivity contribution in [2.45, 2.75) is 19.9 Å². The Bertz CT molecular complexity index is 390. The van der Waals surface area contributed by atoms with Crippen LogP contribution >= 0.6 is 0 Å². The van der Waals surface area contributed by atoms with Gasteiger partial charge >= 0.3 is 0 Å². The molecule has 84 valence electrons. The predicted molar refractivity (Wildman–Crippen MR) is 69.5 cm³/mol. The van der Waals surface area contributed by atoms with Crippen LogP contribution in [0.2, 0.25) is 0 Å². The molecule has 1 aromatic rings. The van der Waals surface area contributed by atoms with Gasteiger partial charge in [0.15, 0.2) is 0 Å². The van der Waals surface area contributed by atoms with E-state index in [0.717, 1.165) is 19.6 Å². The molecule has 0 radical (unpaired) electrons. The summed E-state index contributed by atoms with van der Waals surface area (Å²) in [5.41, 5.74) is 2.51. The van der Waals surface area contributed by atoms with Gasteiger partial charge in [0.25, 0.3) is 0 Å². The quantitative estimate of drug-likeness (QED) is 0.755. The van der Waals surface area contributed by atoms with E-state index in [1.54, 1.807) is 0 Å². The van der Waals surface area contributed by atoms with Gasteiger partial charge in [0.05, 0.1) is 5.84 Å². The minimum absolute atomic E-state index is 0.965. The van der Waals surface area contributed by atoms with E-state index < -0.39 is 0 Å². The lowest BCUT2D eigenvalue weighted by molar-refractivity contribution is 0.386. The van der Waals surface area contributed by atoms with Crippen molar-refractivity contribution in [1.29, 1.82) is 0 Å². The standard InChI is InChI=1S/C14H18N2/c1-3-13-5-7-14(8-6-13)11-16-10-4-9-15-12(16)2/h3,5-8H,1,4,9-11H2,2H3. The monoisotopic (exact) mass is 214 g/mol. The summed E-state index contributed by atoms with van der Waals surface area (Å²) in [5, 5.41) is 0. The van der Waals surface area contributed by atoms with Crippen LogP contribution in [0.1, 0.15) is 24.5 Å². The van der Waals surface area contributed by atoms with Gasteiger partial charge in [-0.3, -0.25) is 4.99 Å². The van der Waals surface area contributed by atoms with Crippen molar-refractivity contribution in [2.24, 2.45) is 4.99 Å². The number of hydrogen-bond donors (Lipinski definition) is 0. The van der Waals surface area contributed by atoms with Crippen molar-refractivity contribution >= 4 is 11.9 Å². The second kappa shape index (κ2) is 4.97. The van der Waals surface area contributed by atoms with Crippen LogP contribution < -0.4 is 0 Å². The molecule has 0 fully saturated rings. The van der Waals surface area contributed by atoms with Crippen molar-refractivity contribution in [1.82, 2.24) is 4.90 Å². The van der Waals surface area contributed by atoms with E-state index in [1.807, 2.05) is 6.08 Å². The molecule has 2 heteroatoms. The van der Waals surface area contributed by atoms with E-state index in [0.29, 0.717) is 0 Å². The molecule has 0 aromatic heterocycles. The van der Waals surface area contributed by atoms with Crippen LogP contribution in [0.15, 0.2) is 35.8 Å². The van der Waals surface area contributed by atoms with Crippen LogP contribution in [-0.4, -0.2) is 23.8 Å². The zero-order valence-corrected chi connectivity index (χ0v) is 9.82. The summed E-state index contributed by atoms with van der Waals surface area (Å²) in [6, 6.07) is 8.55. The number of benzene rings is 1. The fourth-order valence-corrected chi connectivity index (χ4v) is 1.94. The summed E-state index contributed by atoms with van der Waals surface area (Å²) in [4.78, 5) is 6.81. The minimum Gasteiger partial charge on any atom is -0.356 e. The molecular weight excluding hydrogens is 196 g/mol. The second-order valence-electron chi connectivity index (χ2n) is 4.15. The fraction of sp³-hybridized carbons (Fsp3) is 0.357. The maximum Gasteiger partial charge on any atom is 0.0960 e. The molecule has 1 heterocycles. The van der Waals surface area contributed by atoms with E-state index in [4.69, 9.17) is 0 Å². The Morgan fingerprint density at radius 1 is 1.38 bits per heavy atom. The Morgan fingerprint density at radius 3 is 2.75 bits per heavy atom. The Morgan fingerprint density at radius 2 is 2.12 bits per heavy atom. The number of rotatable bonds is 3. The molecule has 2 nitrogen and oxygen atoms in total. The van der Waals surface area contributed by atoms with Gasteiger partial charge in [0.1, 0.15) is 0 Å². The van der Waals surface area contributed by atoms with Crippen LogP contribution in [0, 0.1) is 0 Å². The molecule has 1 aliphatic rings. The first-order valence-electron chi connectivity index (χ1n) is 5.77. The average Bonchev–Trinajstić information content (AvgIpc) is 2.33. The summed E-state index contributed by atoms with van der Waals surface area (Å²) >= 11 is 0. The molecule has 1 aromatic carbocycles. The zero-order valence-electron chi connectivity index (χ0n) is 9.82. The van der Waals surface area contributed by atoms with Gasteiger partial charge in [-0.25, -0.2) is 0 Å². The molecule has 0 saturated carbocycles. The second-order valence-corrected chi connectivity index (χ2v) is 4.15. The van der Waals surface area contributed by atoms with Crippen LogP contribution in [-0.2, 0) is 6.54 Å². The Balaban J connectivity index is 2.05. The van der Waals surface area contributed by atoms with E-state index in [9.17, 15) is 0 Å². The molecule has 0 unspecified atom stereocenters. The highest BCUT2D eigenvalue weighted by atomic mass is 15.2. The molecule has 0 saturated heterocycles. The van der Waals surface area contributed by atoms with Crippen molar-refractivity contribution in [2.75, 3.05) is 13.1 Å². The highest BCUT2D eigenvalue weighted by Gasteiger charge is 2.10. The highest BCUT2D eigenvalue weighted by Crippen LogP contribution is 2.11. The van der Waals surface area contributed by atoms with Crippen molar-refractivity contribution < 1.29 is 0 Å².